The molecule has 17 heavy (non-hydrogen) atoms. The fraction of sp³-hybridized carbons (Fsp3) is 0.455. The van der Waals surface area contributed by atoms with E-state index in [0.717, 1.165) is 31.7 Å². The number of hydrogen-bond donors (Lipinski definition) is 2. The van der Waals surface area contributed by atoms with Crippen molar-refractivity contribution < 1.29 is 10.0 Å². The van der Waals surface area contributed by atoms with E-state index in [1.165, 1.54) is 6.07 Å². The van der Waals surface area contributed by atoms with Crippen molar-refractivity contribution in [2.45, 2.75) is 6.92 Å². The molecule has 0 bridgehead atoms. The van der Waals surface area contributed by atoms with Crippen molar-refractivity contribution in [1.82, 2.24) is 5.32 Å². The molecule has 92 valence electrons. The van der Waals surface area contributed by atoms with Crippen LogP contribution in [0.4, 0.5) is 11.4 Å². The molecule has 1 aromatic rings. The zero-order chi connectivity index (χ0) is 12.4. The van der Waals surface area contributed by atoms with Crippen molar-refractivity contribution in [1.29, 1.82) is 0 Å². The van der Waals surface area contributed by atoms with Gasteiger partial charge in [0, 0.05) is 32.2 Å². The summed E-state index contributed by atoms with van der Waals surface area (Å²) in [6.07, 6.45) is 0. The van der Waals surface area contributed by atoms with Crippen molar-refractivity contribution in [3.05, 3.63) is 27.8 Å². The van der Waals surface area contributed by atoms with Gasteiger partial charge in [0.1, 0.15) is 0 Å². The Balaban J connectivity index is 2.41. The van der Waals surface area contributed by atoms with Crippen LogP contribution in [0.3, 0.4) is 0 Å². The van der Waals surface area contributed by atoms with Gasteiger partial charge in [0.05, 0.1) is 10.6 Å². The number of nitro groups is 1. The first-order valence-electron chi connectivity index (χ1n) is 5.53. The van der Waals surface area contributed by atoms with Crippen LogP contribution >= 0.6 is 0 Å². The van der Waals surface area contributed by atoms with Crippen molar-refractivity contribution in [2.75, 3.05) is 31.1 Å². The molecule has 1 aliphatic heterocycles. The predicted molar refractivity (Wildman–Crippen MR) is 64.6 cm³/mol. The van der Waals surface area contributed by atoms with Gasteiger partial charge < -0.3 is 15.3 Å². The Morgan fingerprint density at radius 3 is 2.65 bits per heavy atom. The van der Waals surface area contributed by atoms with Gasteiger partial charge in [-0.25, -0.2) is 0 Å². The van der Waals surface area contributed by atoms with Gasteiger partial charge in [-0.2, -0.15) is 0 Å². The Morgan fingerprint density at radius 1 is 1.41 bits per heavy atom. The summed E-state index contributed by atoms with van der Waals surface area (Å²) in [5.41, 5.74) is 1.11. The lowest BCUT2D eigenvalue weighted by Gasteiger charge is -2.29. The fourth-order valence-electron chi connectivity index (χ4n) is 2.03. The standard InChI is InChI=1S/C11H15N3O3/c1-8-6-9(13-4-2-12-3-5-13)11(15)10(7-8)14(16)17/h6-7,12,15H,2-5H2,1H3. The largest absolute Gasteiger partial charge is 0.501 e. The Morgan fingerprint density at radius 2 is 2.06 bits per heavy atom. The van der Waals surface area contributed by atoms with Crippen LogP contribution < -0.4 is 10.2 Å². The summed E-state index contributed by atoms with van der Waals surface area (Å²) >= 11 is 0. The molecular weight excluding hydrogens is 222 g/mol. The summed E-state index contributed by atoms with van der Waals surface area (Å²) in [5.74, 6) is -0.234. The molecule has 0 spiro atoms. The summed E-state index contributed by atoms with van der Waals surface area (Å²) in [7, 11) is 0. The molecule has 0 aromatic heterocycles. The lowest BCUT2D eigenvalue weighted by molar-refractivity contribution is -0.385. The van der Waals surface area contributed by atoms with Gasteiger partial charge in [-0.3, -0.25) is 10.1 Å². The first kappa shape index (κ1) is 11.7. The summed E-state index contributed by atoms with van der Waals surface area (Å²) in [4.78, 5) is 12.2. The molecule has 0 unspecified atom stereocenters. The molecule has 0 amide bonds. The maximum absolute atomic E-state index is 10.8. The number of nitro benzene ring substituents is 1. The molecule has 1 aromatic carbocycles. The molecule has 2 N–H and O–H groups in total. The second-order valence-corrected chi connectivity index (χ2v) is 4.15. The molecule has 0 aliphatic carbocycles. The molecule has 6 nitrogen and oxygen atoms in total. The summed E-state index contributed by atoms with van der Waals surface area (Å²) < 4.78 is 0. The van der Waals surface area contributed by atoms with E-state index in [1.807, 2.05) is 4.90 Å². The first-order valence-corrected chi connectivity index (χ1v) is 5.53. The third-order valence-corrected chi connectivity index (χ3v) is 2.87. The van der Waals surface area contributed by atoms with Crippen LogP contribution in [-0.2, 0) is 0 Å². The Bertz CT molecular complexity index is 442. The number of hydrogen-bond acceptors (Lipinski definition) is 5. The van der Waals surface area contributed by atoms with Crippen LogP contribution in [0.25, 0.3) is 0 Å². The normalized spacial score (nSPS) is 15.9. The maximum atomic E-state index is 10.8. The van der Waals surface area contributed by atoms with Gasteiger partial charge >= 0.3 is 5.69 Å². The van der Waals surface area contributed by atoms with Crippen LogP contribution in [-0.4, -0.2) is 36.2 Å². The molecular formula is C11H15N3O3. The molecule has 6 heteroatoms. The predicted octanol–water partition coefficient (Wildman–Crippen LogP) is 1.02. The van der Waals surface area contributed by atoms with Gasteiger partial charge in [-0.1, -0.05) is 0 Å². The minimum atomic E-state index is -0.548. The third kappa shape index (κ3) is 2.31. The average molecular weight is 237 g/mol. The Kier molecular flexibility index (Phi) is 3.14. The molecule has 1 heterocycles. The summed E-state index contributed by atoms with van der Waals surface area (Å²) in [5, 5.41) is 24.0. The number of phenols is 1. The third-order valence-electron chi connectivity index (χ3n) is 2.87. The monoisotopic (exact) mass is 237 g/mol. The lowest BCUT2D eigenvalue weighted by atomic mass is 10.1. The van der Waals surface area contributed by atoms with E-state index in [1.54, 1.807) is 13.0 Å². The fourth-order valence-corrected chi connectivity index (χ4v) is 2.03. The van der Waals surface area contributed by atoms with E-state index < -0.39 is 4.92 Å². The zero-order valence-electron chi connectivity index (χ0n) is 9.64. The number of aryl methyl sites for hydroxylation is 1. The highest BCUT2D eigenvalue weighted by molar-refractivity contribution is 5.68. The smallest absolute Gasteiger partial charge is 0.313 e. The van der Waals surface area contributed by atoms with Gasteiger partial charge in [0.25, 0.3) is 0 Å². The topological polar surface area (TPSA) is 78.6 Å². The van der Waals surface area contributed by atoms with Crippen molar-refractivity contribution in [3.63, 3.8) is 0 Å². The second-order valence-electron chi connectivity index (χ2n) is 4.15. The molecule has 0 atom stereocenters. The Hall–Kier alpha value is -1.82. The van der Waals surface area contributed by atoms with Gasteiger partial charge in [-0.05, 0) is 18.6 Å². The van der Waals surface area contributed by atoms with E-state index in [4.69, 9.17) is 0 Å². The highest BCUT2D eigenvalue weighted by atomic mass is 16.6. The van der Waals surface area contributed by atoms with E-state index in [0.29, 0.717) is 5.69 Å². The quantitative estimate of drug-likeness (QED) is 0.593. The first-order chi connectivity index (χ1) is 8.09. The molecule has 1 fully saturated rings. The number of benzene rings is 1. The van der Waals surface area contributed by atoms with Gasteiger partial charge in [0.2, 0.25) is 5.75 Å². The number of nitrogens with one attached hydrogen (secondary N) is 1. The highest BCUT2D eigenvalue weighted by Gasteiger charge is 2.22. The van der Waals surface area contributed by atoms with Crippen molar-refractivity contribution in [3.8, 4) is 5.75 Å². The SMILES string of the molecule is Cc1cc(N2CCNCC2)c(O)c([N+](=O)[O-])c1. The summed E-state index contributed by atoms with van der Waals surface area (Å²) in [6, 6.07) is 3.18. The van der Waals surface area contributed by atoms with Crippen LogP contribution in [0.2, 0.25) is 0 Å². The maximum Gasteiger partial charge on any atom is 0.313 e. The van der Waals surface area contributed by atoms with E-state index in [-0.39, 0.29) is 11.4 Å². The molecule has 0 radical (unpaired) electrons. The number of rotatable bonds is 2. The minimum absolute atomic E-state index is 0.224. The number of anilines is 1. The molecule has 0 saturated carbocycles. The summed E-state index contributed by atoms with van der Waals surface area (Å²) in [6.45, 7) is 4.92. The second kappa shape index (κ2) is 4.58. The lowest BCUT2D eigenvalue weighted by Crippen LogP contribution is -2.43. The van der Waals surface area contributed by atoms with Crippen LogP contribution in [0.5, 0.6) is 5.75 Å². The van der Waals surface area contributed by atoms with Gasteiger partial charge in [-0.15, -0.1) is 0 Å². The van der Waals surface area contributed by atoms with Crippen molar-refractivity contribution >= 4 is 11.4 Å². The molecule has 1 aliphatic rings. The number of piperazine rings is 1. The van der Waals surface area contributed by atoms with E-state index in [9.17, 15) is 15.2 Å². The minimum Gasteiger partial charge on any atom is -0.501 e. The van der Waals surface area contributed by atoms with E-state index in [2.05, 4.69) is 5.32 Å². The zero-order valence-corrected chi connectivity index (χ0v) is 9.64. The number of aromatic hydroxyl groups is 1. The van der Waals surface area contributed by atoms with Gasteiger partial charge in [0.15, 0.2) is 0 Å². The number of phenolic OH excluding ortho intramolecular Hbond substituents is 1. The molecule has 1 saturated heterocycles. The van der Waals surface area contributed by atoms with Crippen LogP contribution in [0, 0.1) is 17.0 Å². The average Bonchev–Trinajstić information content (AvgIpc) is 2.32. The van der Waals surface area contributed by atoms with E-state index >= 15 is 0 Å². The highest BCUT2D eigenvalue weighted by Crippen LogP contribution is 2.37. The van der Waals surface area contributed by atoms with Crippen molar-refractivity contribution in [2.24, 2.45) is 0 Å². The van der Waals surface area contributed by atoms with Crippen LogP contribution in [0.15, 0.2) is 12.1 Å². The Labute approximate surface area is 99.0 Å². The van der Waals surface area contributed by atoms with Crippen LogP contribution in [0.1, 0.15) is 5.56 Å². The number of nitrogens with zero attached hydrogens (tertiary/aromatic N) is 2. The molecule has 2 rings (SSSR count).